The van der Waals surface area contributed by atoms with E-state index in [0.29, 0.717) is 11.4 Å². The molecule has 0 saturated carbocycles. The van der Waals surface area contributed by atoms with Gasteiger partial charge in [-0.25, -0.2) is 0 Å². The van der Waals surface area contributed by atoms with Gasteiger partial charge in [-0.3, -0.25) is 15.6 Å². The molecule has 0 aliphatic rings. The molecule has 0 saturated heterocycles. The van der Waals surface area contributed by atoms with E-state index in [4.69, 9.17) is 16.4 Å². The fourth-order valence-electron chi connectivity index (χ4n) is 1.37. The van der Waals surface area contributed by atoms with Gasteiger partial charge < -0.3 is 11.1 Å². The van der Waals surface area contributed by atoms with E-state index >= 15 is 0 Å². The largest absolute Gasteiger partial charge is 0.382 e. The third-order valence-electron chi connectivity index (χ3n) is 2.68. The predicted octanol–water partition coefficient (Wildman–Crippen LogP) is 1.82. The van der Waals surface area contributed by atoms with Gasteiger partial charge >= 0.3 is 0 Å². The van der Waals surface area contributed by atoms with E-state index in [2.05, 4.69) is 15.8 Å². The lowest BCUT2D eigenvalue weighted by atomic mass is 10.1. The van der Waals surface area contributed by atoms with Gasteiger partial charge in [0.15, 0.2) is 5.84 Å². The van der Waals surface area contributed by atoms with Crippen molar-refractivity contribution >= 4 is 28.8 Å². The predicted molar refractivity (Wildman–Crippen MR) is 83.2 cm³/mol. The lowest BCUT2D eigenvalue weighted by molar-refractivity contribution is -0.118. The minimum atomic E-state index is -0.412. The van der Waals surface area contributed by atoms with Crippen molar-refractivity contribution in [3.63, 3.8) is 0 Å². The first-order chi connectivity index (χ1) is 9.85. The number of benzene rings is 1. The number of nitriles is 1. The highest BCUT2D eigenvalue weighted by atomic mass is 16.1. The van der Waals surface area contributed by atoms with Crippen LogP contribution in [0.2, 0.25) is 0 Å². The standard InChI is InChI=1S/C14H18N6O/c1-8(2)14(21)18-11-6-10(5-4-9(11)3)19-20-12(7-15)13(16)17/h4-6,8,19H,1-3H3,(H3,16,17)(H,18,21)/b20-12+. The van der Waals surface area contributed by atoms with E-state index in [-0.39, 0.29) is 17.5 Å². The smallest absolute Gasteiger partial charge is 0.226 e. The molecule has 0 atom stereocenters. The number of hydrogen-bond acceptors (Lipinski definition) is 5. The summed E-state index contributed by atoms with van der Waals surface area (Å²) >= 11 is 0. The second-order valence-electron chi connectivity index (χ2n) is 4.77. The number of nitrogens with zero attached hydrogens (tertiary/aromatic N) is 2. The summed E-state index contributed by atoms with van der Waals surface area (Å²) in [7, 11) is 0. The van der Waals surface area contributed by atoms with E-state index in [1.807, 2.05) is 26.8 Å². The molecule has 0 fully saturated rings. The van der Waals surface area contributed by atoms with Crippen LogP contribution in [-0.4, -0.2) is 17.5 Å². The number of amidine groups is 1. The van der Waals surface area contributed by atoms with Crippen LogP contribution in [0.15, 0.2) is 23.3 Å². The Hall–Kier alpha value is -2.88. The van der Waals surface area contributed by atoms with Gasteiger partial charge in [0.25, 0.3) is 0 Å². The molecule has 5 N–H and O–H groups in total. The first-order valence-electron chi connectivity index (χ1n) is 6.35. The second kappa shape index (κ2) is 7.05. The Morgan fingerprint density at radius 3 is 2.67 bits per heavy atom. The van der Waals surface area contributed by atoms with Crippen molar-refractivity contribution in [1.29, 1.82) is 10.7 Å². The molecule has 21 heavy (non-hydrogen) atoms. The quantitative estimate of drug-likeness (QED) is 0.374. The van der Waals surface area contributed by atoms with Gasteiger partial charge in [-0.05, 0) is 24.6 Å². The van der Waals surface area contributed by atoms with Crippen LogP contribution in [0.1, 0.15) is 19.4 Å². The summed E-state index contributed by atoms with van der Waals surface area (Å²) in [5, 5.41) is 22.5. The summed E-state index contributed by atoms with van der Waals surface area (Å²) in [6.45, 7) is 5.49. The average Bonchev–Trinajstić information content (AvgIpc) is 2.42. The Labute approximate surface area is 123 Å². The van der Waals surface area contributed by atoms with Crippen LogP contribution in [0.3, 0.4) is 0 Å². The van der Waals surface area contributed by atoms with Gasteiger partial charge in [-0.1, -0.05) is 19.9 Å². The van der Waals surface area contributed by atoms with Crippen molar-refractivity contribution in [3.8, 4) is 6.07 Å². The number of rotatable bonds is 5. The highest BCUT2D eigenvalue weighted by Gasteiger charge is 2.09. The molecule has 0 aliphatic heterocycles. The molecule has 1 rings (SSSR count). The third-order valence-corrected chi connectivity index (χ3v) is 2.68. The van der Waals surface area contributed by atoms with Gasteiger partial charge in [0.05, 0.1) is 5.69 Å². The van der Waals surface area contributed by atoms with Crippen molar-refractivity contribution in [2.45, 2.75) is 20.8 Å². The minimum absolute atomic E-state index is 0.0831. The van der Waals surface area contributed by atoms with Gasteiger partial charge in [-0.2, -0.15) is 10.4 Å². The van der Waals surface area contributed by atoms with Crippen LogP contribution in [0.5, 0.6) is 0 Å². The van der Waals surface area contributed by atoms with E-state index in [9.17, 15) is 4.79 Å². The highest BCUT2D eigenvalue weighted by Crippen LogP contribution is 2.21. The van der Waals surface area contributed by atoms with Gasteiger partial charge in [0, 0.05) is 11.6 Å². The van der Waals surface area contributed by atoms with Crippen LogP contribution in [-0.2, 0) is 4.79 Å². The van der Waals surface area contributed by atoms with Crippen molar-refractivity contribution in [1.82, 2.24) is 0 Å². The maximum Gasteiger partial charge on any atom is 0.226 e. The van der Waals surface area contributed by atoms with Crippen molar-refractivity contribution in [3.05, 3.63) is 23.8 Å². The van der Waals surface area contributed by atoms with Gasteiger partial charge in [0.1, 0.15) is 6.07 Å². The van der Waals surface area contributed by atoms with E-state index in [0.717, 1.165) is 5.56 Å². The number of amides is 1. The number of nitrogens with two attached hydrogens (primary N) is 1. The molecule has 7 heteroatoms. The first-order valence-corrected chi connectivity index (χ1v) is 6.35. The van der Waals surface area contributed by atoms with Gasteiger partial charge in [-0.15, -0.1) is 0 Å². The molecule has 7 nitrogen and oxygen atoms in total. The third kappa shape index (κ3) is 4.62. The maximum absolute atomic E-state index is 11.7. The molecule has 0 aliphatic carbocycles. The summed E-state index contributed by atoms with van der Waals surface area (Å²) in [4.78, 5) is 11.7. The Morgan fingerprint density at radius 2 is 2.14 bits per heavy atom. The summed E-state index contributed by atoms with van der Waals surface area (Å²) < 4.78 is 0. The van der Waals surface area contributed by atoms with E-state index in [1.165, 1.54) is 0 Å². The summed E-state index contributed by atoms with van der Waals surface area (Å²) in [5.74, 6) is -0.618. The van der Waals surface area contributed by atoms with Crippen LogP contribution in [0.25, 0.3) is 0 Å². The average molecular weight is 286 g/mol. The second-order valence-corrected chi connectivity index (χ2v) is 4.77. The highest BCUT2D eigenvalue weighted by molar-refractivity contribution is 6.45. The number of carbonyl (C=O) groups excluding carboxylic acids is 1. The zero-order valence-corrected chi connectivity index (χ0v) is 12.2. The number of anilines is 2. The van der Waals surface area contributed by atoms with E-state index in [1.54, 1.807) is 18.2 Å². The first kappa shape index (κ1) is 16.2. The molecule has 1 amide bonds. The number of aryl methyl sites for hydroxylation is 1. The molecule has 0 heterocycles. The lowest BCUT2D eigenvalue weighted by Crippen LogP contribution is -2.22. The Morgan fingerprint density at radius 1 is 1.48 bits per heavy atom. The lowest BCUT2D eigenvalue weighted by Gasteiger charge is -2.12. The minimum Gasteiger partial charge on any atom is -0.382 e. The molecule has 0 spiro atoms. The van der Waals surface area contributed by atoms with Gasteiger partial charge in [0.2, 0.25) is 11.6 Å². The molecule has 1 aromatic carbocycles. The zero-order valence-electron chi connectivity index (χ0n) is 12.2. The molecule has 0 radical (unpaired) electrons. The topological polar surface area (TPSA) is 127 Å². The summed E-state index contributed by atoms with van der Waals surface area (Å²) in [6, 6.07) is 6.98. The Balaban J connectivity index is 2.95. The van der Waals surface area contributed by atoms with Crippen LogP contribution in [0, 0.1) is 29.6 Å². The molecular formula is C14H18N6O. The fraction of sp³-hybridized carbons (Fsp3) is 0.286. The summed E-state index contributed by atoms with van der Waals surface area (Å²) in [5.41, 5.74) is 9.78. The monoisotopic (exact) mass is 286 g/mol. The Kier molecular flexibility index (Phi) is 5.43. The van der Waals surface area contributed by atoms with E-state index < -0.39 is 5.84 Å². The van der Waals surface area contributed by atoms with Crippen molar-refractivity contribution in [2.24, 2.45) is 16.8 Å². The molecular weight excluding hydrogens is 268 g/mol. The molecule has 0 bridgehead atoms. The molecule has 1 aromatic rings. The molecule has 0 aromatic heterocycles. The van der Waals surface area contributed by atoms with Crippen LogP contribution >= 0.6 is 0 Å². The fourth-order valence-corrected chi connectivity index (χ4v) is 1.37. The number of hydrazone groups is 1. The molecule has 0 unspecified atom stereocenters. The van der Waals surface area contributed by atoms with Crippen LogP contribution < -0.4 is 16.5 Å². The normalized spacial score (nSPS) is 10.9. The zero-order chi connectivity index (χ0) is 16.0. The Bertz CT molecular complexity index is 627. The van der Waals surface area contributed by atoms with Crippen molar-refractivity contribution in [2.75, 3.05) is 10.7 Å². The van der Waals surface area contributed by atoms with Crippen molar-refractivity contribution < 1.29 is 4.79 Å². The number of nitrogens with one attached hydrogen (secondary N) is 3. The number of carbonyl (C=O) groups is 1. The van der Waals surface area contributed by atoms with Crippen LogP contribution in [0.4, 0.5) is 11.4 Å². The SMILES string of the molecule is Cc1ccc(N/N=C(\C#N)C(=N)N)cc1NC(=O)C(C)C. The molecule has 110 valence electrons. The number of hydrogen-bond donors (Lipinski definition) is 4. The maximum atomic E-state index is 11.7. The summed E-state index contributed by atoms with van der Waals surface area (Å²) in [6.07, 6.45) is 0.